The number of hydrogen-bond donors (Lipinski definition) is 0. The number of nitrogens with zero attached hydrogens (tertiary/aromatic N) is 2. The zero-order valence-electron chi connectivity index (χ0n) is 21.9. The lowest BCUT2D eigenvalue weighted by atomic mass is 10.0. The summed E-state index contributed by atoms with van der Waals surface area (Å²) in [7, 11) is 0. The Morgan fingerprint density at radius 3 is 2.02 bits per heavy atom. The Hall–Kier alpha value is -5.00. The fourth-order valence-electron chi connectivity index (χ4n) is 5.12. The van der Waals surface area contributed by atoms with Gasteiger partial charge >= 0.3 is 0 Å². The van der Waals surface area contributed by atoms with Crippen molar-refractivity contribution < 1.29 is 4.42 Å². The van der Waals surface area contributed by atoms with E-state index in [1.807, 2.05) is 54.6 Å². The van der Waals surface area contributed by atoms with Gasteiger partial charge in [0.15, 0.2) is 11.1 Å². The minimum absolute atomic E-state index is 0.125. The van der Waals surface area contributed by atoms with E-state index in [-0.39, 0.29) is 5.43 Å². The molecule has 0 atom stereocenters. The Balaban J connectivity index is 1.30. The molecule has 2 aromatic heterocycles. The molecule has 196 valence electrons. The molecule has 0 amide bonds. The van der Waals surface area contributed by atoms with E-state index in [0.29, 0.717) is 27.8 Å². The first-order chi connectivity index (χ1) is 20.1. The summed E-state index contributed by atoms with van der Waals surface area (Å²) in [6, 6.07) is 46.5. The largest absolute Gasteiger partial charge is 0.454 e. The predicted octanol–water partition coefficient (Wildman–Crippen LogP) is 9.91. The zero-order chi connectivity index (χ0) is 27.8. The van der Waals surface area contributed by atoms with Gasteiger partial charge in [-0.2, -0.15) is 0 Å². The van der Waals surface area contributed by atoms with Gasteiger partial charge < -0.3 is 9.32 Å². The summed E-state index contributed by atoms with van der Waals surface area (Å²) in [5.41, 5.74) is 8.29. The first kappa shape index (κ1) is 25.0. The van der Waals surface area contributed by atoms with Crippen LogP contribution in [-0.4, -0.2) is 4.98 Å². The van der Waals surface area contributed by atoms with Crippen molar-refractivity contribution in [3.63, 3.8) is 0 Å². The van der Waals surface area contributed by atoms with E-state index in [1.54, 1.807) is 12.1 Å². The summed E-state index contributed by atoms with van der Waals surface area (Å²) in [6.07, 6.45) is 0. The standard InChI is InChI=1S/C36H23BrN2O2/c37-27-15-19-29(20-16-27)39(30-10-6-9-26(23-30)24-7-2-1-3-8-24)28-17-13-25(14-18-28)32-21-22-34-35(38-32)36(40)31-11-4-5-12-33(31)41-34/h1-23H. The summed E-state index contributed by atoms with van der Waals surface area (Å²) < 4.78 is 6.97. The van der Waals surface area contributed by atoms with Crippen molar-refractivity contribution in [2.45, 2.75) is 0 Å². The molecular weight excluding hydrogens is 572 g/mol. The van der Waals surface area contributed by atoms with E-state index in [0.717, 1.165) is 32.7 Å². The van der Waals surface area contributed by atoms with Gasteiger partial charge in [-0.15, -0.1) is 0 Å². The van der Waals surface area contributed by atoms with Crippen molar-refractivity contribution in [1.29, 1.82) is 0 Å². The maximum absolute atomic E-state index is 13.2. The number of fused-ring (bicyclic) bond motifs is 2. The van der Waals surface area contributed by atoms with E-state index in [1.165, 1.54) is 5.56 Å². The van der Waals surface area contributed by atoms with Crippen LogP contribution < -0.4 is 10.3 Å². The quantitative estimate of drug-likeness (QED) is 0.186. The first-order valence-corrected chi connectivity index (χ1v) is 14.1. The molecule has 0 aliphatic carbocycles. The van der Waals surface area contributed by atoms with Gasteiger partial charge in [-0.3, -0.25) is 4.79 Å². The third kappa shape index (κ3) is 4.81. The molecule has 5 heteroatoms. The molecule has 0 spiro atoms. The van der Waals surface area contributed by atoms with E-state index >= 15 is 0 Å². The van der Waals surface area contributed by atoms with Gasteiger partial charge in [-0.05, 0) is 83.9 Å². The topological polar surface area (TPSA) is 46.3 Å². The van der Waals surface area contributed by atoms with Gasteiger partial charge in [-0.25, -0.2) is 4.98 Å². The van der Waals surface area contributed by atoms with Crippen LogP contribution in [0.4, 0.5) is 17.1 Å². The average molecular weight is 595 g/mol. The van der Waals surface area contributed by atoms with Crippen LogP contribution in [0, 0.1) is 0 Å². The Labute approximate surface area is 245 Å². The lowest BCUT2D eigenvalue weighted by molar-refractivity contribution is 0.658. The van der Waals surface area contributed by atoms with E-state index < -0.39 is 0 Å². The van der Waals surface area contributed by atoms with Gasteiger partial charge in [0.05, 0.1) is 11.1 Å². The zero-order valence-corrected chi connectivity index (χ0v) is 23.5. The van der Waals surface area contributed by atoms with Crippen molar-refractivity contribution >= 4 is 55.1 Å². The smallest absolute Gasteiger partial charge is 0.218 e. The third-order valence-corrected chi connectivity index (χ3v) is 7.67. The van der Waals surface area contributed by atoms with Crippen LogP contribution in [0.5, 0.6) is 0 Å². The van der Waals surface area contributed by atoms with Crippen molar-refractivity contribution in [1.82, 2.24) is 4.98 Å². The second-order valence-corrected chi connectivity index (χ2v) is 10.7. The van der Waals surface area contributed by atoms with E-state index in [4.69, 9.17) is 9.40 Å². The lowest BCUT2D eigenvalue weighted by Gasteiger charge is -2.26. The SMILES string of the molecule is O=c1c2ccccc2oc2ccc(-c3ccc(N(c4ccc(Br)cc4)c4cccc(-c5ccccc5)c4)cc3)nc12. The number of anilines is 3. The number of benzene rings is 5. The molecule has 0 N–H and O–H groups in total. The van der Waals surface area contributed by atoms with Crippen molar-refractivity contribution in [3.05, 3.63) is 154 Å². The van der Waals surface area contributed by atoms with Crippen LogP contribution >= 0.6 is 15.9 Å². The van der Waals surface area contributed by atoms with Crippen molar-refractivity contribution in [2.24, 2.45) is 0 Å². The number of pyridine rings is 1. The fourth-order valence-corrected chi connectivity index (χ4v) is 5.38. The van der Waals surface area contributed by atoms with Crippen molar-refractivity contribution in [2.75, 3.05) is 4.90 Å². The van der Waals surface area contributed by atoms with Crippen LogP contribution in [0.3, 0.4) is 0 Å². The van der Waals surface area contributed by atoms with E-state index in [2.05, 4.69) is 93.6 Å². The minimum atomic E-state index is -0.125. The first-order valence-electron chi connectivity index (χ1n) is 13.3. The molecule has 7 rings (SSSR count). The highest BCUT2D eigenvalue weighted by Gasteiger charge is 2.15. The number of hydrogen-bond acceptors (Lipinski definition) is 4. The van der Waals surface area contributed by atoms with Crippen LogP contribution in [0.1, 0.15) is 0 Å². The molecule has 41 heavy (non-hydrogen) atoms. The molecule has 0 unspecified atom stereocenters. The molecule has 0 aliphatic heterocycles. The molecule has 0 fully saturated rings. The summed E-state index contributed by atoms with van der Waals surface area (Å²) in [4.78, 5) is 20.1. The van der Waals surface area contributed by atoms with Gasteiger partial charge in [0.25, 0.3) is 0 Å². The van der Waals surface area contributed by atoms with Crippen LogP contribution in [-0.2, 0) is 0 Å². The second kappa shape index (κ2) is 10.5. The monoisotopic (exact) mass is 594 g/mol. The molecule has 0 saturated carbocycles. The fraction of sp³-hybridized carbons (Fsp3) is 0. The summed E-state index contributed by atoms with van der Waals surface area (Å²) in [5.74, 6) is 0. The lowest BCUT2D eigenvalue weighted by Crippen LogP contribution is -2.10. The molecule has 0 aliphatic rings. The van der Waals surface area contributed by atoms with Crippen molar-refractivity contribution in [3.8, 4) is 22.4 Å². The Bertz CT molecular complexity index is 2070. The average Bonchev–Trinajstić information content (AvgIpc) is 3.03. The van der Waals surface area contributed by atoms with Gasteiger partial charge in [-0.1, -0.05) is 82.7 Å². The maximum Gasteiger partial charge on any atom is 0.218 e. The highest BCUT2D eigenvalue weighted by atomic mass is 79.9. The van der Waals surface area contributed by atoms with Gasteiger partial charge in [0, 0.05) is 27.1 Å². The summed E-state index contributed by atoms with van der Waals surface area (Å²) >= 11 is 3.57. The molecule has 5 aromatic carbocycles. The summed E-state index contributed by atoms with van der Waals surface area (Å²) in [5, 5.41) is 0.530. The molecule has 0 radical (unpaired) electrons. The molecular formula is C36H23BrN2O2. The highest BCUT2D eigenvalue weighted by molar-refractivity contribution is 9.10. The maximum atomic E-state index is 13.2. The van der Waals surface area contributed by atoms with Crippen LogP contribution in [0.2, 0.25) is 0 Å². The Morgan fingerprint density at radius 2 is 1.24 bits per heavy atom. The number of halogens is 1. The van der Waals surface area contributed by atoms with Crippen LogP contribution in [0.15, 0.2) is 153 Å². The third-order valence-electron chi connectivity index (χ3n) is 7.14. The number of rotatable bonds is 5. The Kier molecular flexibility index (Phi) is 6.42. The molecule has 7 aromatic rings. The second-order valence-electron chi connectivity index (χ2n) is 9.75. The predicted molar refractivity (Wildman–Crippen MR) is 171 cm³/mol. The normalized spacial score (nSPS) is 11.1. The minimum Gasteiger partial charge on any atom is -0.454 e. The molecule has 4 nitrogen and oxygen atoms in total. The van der Waals surface area contributed by atoms with Crippen LogP contribution in [0.25, 0.3) is 44.5 Å². The molecule has 0 saturated heterocycles. The van der Waals surface area contributed by atoms with E-state index in [9.17, 15) is 4.79 Å². The molecule has 2 heterocycles. The summed E-state index contributed by atoms with van der Waals surface area (Å²) in [6.45, 7) is 0. The number of aromatic nitrogens is 1. The Morgan fingerprint density at radius 1 is 0.561 bits per heavy atom. The van der Waals surface area contributed by atoms with Gasteiger partial charge in [0.1, 0.15) is 5.58 Å². The number of para-hydroxylation sites is 1. The highest BCUT2D eigenvalue weighted by Crippen LogP contribution is 2.37. The molecule has 0 bridgehead atoms. The van der Waals surface area contributed by atoms with Gasteiger partial charge in [0.2, 0.25) is 5.43 Å².